The number of carboxylic acid groups (broad SMARTS) is 1. The topological polar surface area (TPSA) is 49.3 Å². The van der Waals surface area contributed by atoms with Gasteiger partial charge in [-0.25, -0.2) is 4.39 Å². The van der Waals surface area contributed by atoms with E-state index in [1.54, 1.807) is 6.07 Å². The van der Waals surface area contributed by atoms with Crippen LogP contribution in [-0.4, -0.2) is 17.6 Å². The van der Waals surface area contributed by atoms with E-state index >= 15 is 0 Å². The molecule has 0 fully saturated rings. The molecule has 2 N–H and O–H groups in total. The van der Waals surface area contributed by atoms with Crippen molar-refractivity contribution in [3.05, 3.63) is 34.1 Å². The second-order valence-corrected chi connectivity index (χ2v) is 4.97. The van der Waals surface area contributed by atoms with Gasteiger partial charge in [0, 0.05) is 17.4 Å². The number of hydrogen-bond acceptors (Lipinski definition) is 2. The second-order valence-electron chi connectivity index (χ2n) is 4.12. The van der Waals surface area contributed by atoms with Gasteiger partial charge >= 0.3 is 5.97 Å². The Balaban J connectivity index is 2.14. The van der Waals surface area contributed by atoms with Gasteiger partial charge in [-0.15, -0.1) is 0 Å². The van der Waals surface area contributed by atoms with Crippen LogP contribution in [0.1, 0.15) is 31.2 Å². The van der Waals surface area contributed by atoms with E-state index in [1.165, 1.54) is 12.1 Å². The Labute approximate surface area is 115 Å². The molecule has 0 amide bonds. The number of aliphatic carboxylic acids is 1. The number of unbranched alkanes of at least 4 members (excludes halogenated alkanes) is 2. The Kier molecular flexibility index (Phi) is 6.90. The summed E-state index contributed by atoms with van der Waals surface area (Å²) in [5.74, 6) is -0.983. The van der Waals surface area contributed by atoms with E-state index in [0.717, 1.165) is 29.4 Å². The third-order valence-corrected chi connectivity index (χ3v) is 3.34. The van der Waals surface area contributed by atoms with Crippen LogP contribution in [0.4, 0.5) is 4.39 Å². The van der Waals surface area contributed by atoms with Crippen molar-refractivity contribution in [1.82, 2.24) is 5.32 Å². The van der Waals surface area contributed by atoms with E-state index in [0.29, 0.717) is 13.0 Å². The standard InChI is InChI=1S/C13H17BrFNO2/c14-12-6-5-11(15)8-10(12)9-16-7-3-1-2-4-13(17)18/h5-6,8,16H,1-4,7,9H2,(H,17,18). The molecule has 18 heavy (non-hydrogen) atoms. The zero-order valence-electron chi connectivity index (χ0n) is 10.1. The maximum absolute atomic E-state index is 13.0. The Bertz CT molecular complexity index is 399. The maximum atomic E-state index is 13.0. The fourth-order valence-corrected chi connectivity index (χ4v) is 1.99. The van der Waals surface area contributed by atoms with Crippen LogP contribution in [0, 0.1) is 5.82 Å². The Morgan fingerprint density at radius 2 is 2.11 bits per heavy atom. The maximum Gasteiger partial charge on any atom is 0.303 e. The highest BCUT2D eigenvalue weighted by atomic mass is 79.9. The smallest absolute Gasteiger partial charge is 0.303 e. The molecule has 0 radical (unpaired) electrons. The second kappa shape index (κ2) is 8.21. The zero-order chi connectivity index (χ0) is 13.4. The van der Waals surface area contributed by atoms with E-state index in [4.69, 9.17) is 5.11 Å². The summed E-state index contributed by atoms with van der Waals surface area (Å²) in [6, 6.07) is 4.61. The number of carboxylic acids is 1. The largest absolute Gasteiger partial charge is 0.481 e. The van der Waals surface area contributed by atoms with Crippen LogP contribution >= 0.6 is 15.9 Å². The Morgan fingerprint density at radius 3 is 2.83 bits per heavy atom. The molecular weight excluding hydrogens is 301 g/mol. The summed E-state index contributed by atoms with van der Waals surface area (Å²) in [7, 11) is 0. The van der Waals surface area contributed by atoms with Gasteiger partial charge in [-0.05, 0) is 43.1 Å². The molecule has 0 aromatic heterocycles. The molecule has 0 heterocycles. The van der Waals surface area contributed by atoms with Crippen LogP contribution in [0.5, 0.6) is 0 Å². The van der Waals surface area contributed by atoms with Gasteiger partial charge in [0.2, 0.25) is 0 Å². The van der Waals surface area contributed by atoms with Gasteiger partial charge in [-0.2, -0.15) is 0 Å². The van der Waals surface area contributed by atoms with Gasteiger partial charge < -0.3 is 10.4 Å². The van der Waals surface area contributed by atoms with Crippen molar-refractivity contribution < 1.29 is 14.3 Å². The van der Waals surface area contributed by atoms with Crippen molar-refractivity contribution in [3.8, 4) is 0 Å². The first-order chi connectivity index (χ1) is 8.59. The van der Waals surface area contributed by atoms with E-state index < -0.39 is 5.97 Å². The summed E-state index contributed by atoms with van der Waals surface area (Å²) in [6.07, 6.45) is 2.76. The first-order valence-corrected chi connectivity index (χ1v) is 6.75. The summed E-state index contributed by atoms with van der Waals surface area (Å²) in [4.78, 5) is 10.3. The summed E-state index contributed by atoms with van der Waals surface area (Å²) in [5.41, 5.74) is 0.889. The van der Waals surface area contributed by atoms with Gasteiger partial charge in [0.1, 0.15) is 5.82 Å². The number of nitrogens with one attached hydrogen (secondary N) is 1. The van der Waals surface area contributed by atoms with Crippen molar-refractivity contribution in [2.24, 2.45) is 0 Å². The van der Waals surface area contributed by atoms with Gasteiger partial charge in [0.15, 0.2) is 0 Å². The lowest BCUT2D eigenvalue weighted by atomic mass is 10.2. The SMILES string of the molecule is O=C(O)CCCCCNCc1cc(F)ccc1Br. The minimum Gasteiger partial charge on any atom is -0.481 e. The number of halogens is 2. The molecule has 0 aliphatic carbocycles. The third kappa shape index (κ3) is 6.12. The molecule has 5 heteroatoms. The molecule has 0 aliphatic rings. The van der Waals surface area contributed by atoms with E-state index in [9.17, 15) is 9.18 Å². The number of hydrogen-bond donors (Lipinski definition) is 2. The Morgan fingerprint density at radius 1 is 1.33 bits per heavy atom. The van der Waals surface area contributed by atoms with Crippen molar-refractivity contribution in [2.45, 2.75) is 32.2 Å². The first-order valence-electron chi connectivity index (χ1n) is 5.96. The van der Waals surface area contributed by atoms with Crippen LogP contribution in [0.2, 0.25) is 0 Å². The molecule has 0 unspecified atom stereocenters. The average Bonchev–Trinajstić information content (AvgIpc) is 2.32. The molecule has 0 aliphatic heterocycles. The minimum absolute atomic E-state index is 0.232. The third-order valence-electron chi connectivity index (χ3n) is 2.57. The minimum atomic E-state index is -0.744. The zero-order valence-corrected chi connectivity index (χ0v) is 11.7. The molecule has 0 saturated carbocycles. The first kappa shape index (κ1) is 15.1. The van der Waals surface area contributed by atoms with Gasteiger partial charge in [0.05, 0.1) is 0 Å². The van der Waals surface area contributed by atoms with Crippen LogP contribution in [0.3, 0.4) is 0 Å². The predicted molar refractivity (Wildman–Crippen MR) is 71.9 cm³/mol. The lowest BCUT2D eigenvalue weighted by Crippen LogP contribution is -2.15. The van der Waals surface area contributed by atoms with Crippen molar-refractivity contribution >= 4 is 21.9 Å². The summed E-state index contributed by atoms with van der Waals surface area (Å²) < 4.78 is 13.9. The molecule has 1 rings (SSSR count). The fraction of sp³-hybridized carbons (Fsp3) is 0.462. The van der Waals surface area contributed by atoms with Crippen molar-refractivity contribution in [3.63, 3.8) is 0 Å². The number of benzene rings is 1. The lowest BCUT2D eigenvalue weighted by molar-refractivity contribution is -0.137. The highest BCUT2D eigenvalue weighted by molar-refractivity contribution is 9.10. The highest BCUT2D eigenvalue weighted by Crippen LogP contribution is 2.17. The fourth-order valence-electron chi connectivity index (χ4n) is 1.60. The molecule has 0 bridgehead atoms. The van der Waals surface area contributed by atoms with Crippen LogP contribution in [0.25, 0.3) is 0 Å². The van der Waals surface area contributed by atoms with Crippen molar-refractivity contribution in [2.75, 3.05) is 6.54 Å². The van der Waals surface area contributed by atoms with Crippen molar-refractivity contribution in [1.29, 1.82) is 0 Å². The van der Waals surface area contributed by atoms with Crippen LogP contribution < -0.4 is 5.32 Å². The molecule has 0 spiro atoms. The average molecular weight is 318 g/mol. The van der Waals surface area contributed by atoms with Gasteiger partial charge in [-0.1, -0.05) is 22.4 Å². The molecule has 1 aromatic carbocycles. The quantitative estimate of drug-likeness (QED) is 0.723. The summed E-state index contributed by atoms with van der Waals surface area (Å²) >= 11 is 3.37. The number of rotatable bonds is 8. The molecule has 0 atom stereocenters. The summed E-state index contributed by atoms with van der Waals surface area (Å²) in [5, 5.41) is 11.7. The van der Waals surface area contributed by atoms with E-state index in [-0.39, 0.29) is 12.2 Å². The number of carbonyl (C=O) groups is 1. The van der Waals surface area contributed by atoms with Gasteiger partial charge in [0.25, 0.3) is 0 Å². The van der Waals surface area contributed by atoms with Crippen LogP contribution in [-0.2, 0) is 11.3 Å². The lowest BCUT2D eigenvalue weighted by Gasteiger charge is -2.07. The van der Waals surface area contributed by atoms with E-state index in [2.05, 4.69) is 21.2 Å². The summed E-state index contributed by atoms with van der Waals surface area (Å²) in [6.45, 7) is 1.42. The molecule has 1 aromatic rings. The Hall–Kier alpha value is -0.940. The highest BCUT2D eigenvalue weighted by Gasteiger charge is 2.01. The normalized spacial score (nSPS) is 10.6. The molecule has 3 nitrogen and oxygen atoms in total. The predicted octanol–water partition coefficient (Wildman–Crippen LogP) is 3.32. The van der Waals surface area contributed by atoms with Crippen LogP contribution in [0.15, 0.2) is 22.7 Å². The molecule has 0 saturated heterocycles. The van der Waals surface area contributed by atoms with Gasteiger partial charge in [-0.3, -0.25) is 4.79 Å². The molecule has 100 valence electrons. The van der Waals surface area contributed by atoms with E-state index in [1.807, 2.05) is 0 Å². The molecular formula is C13H17BrFNO2. The monoisotopic (exact) mass is 317 g/mol.